The van der Waals surface area contributed by atoms with Gasteiger partial charge in [-0.3, -0.25) is 14.4 Å². The number of amides is 1. The molecule has 2 aromatic rings. The Morgan fingerprint density at radius 3 is 2.38 bits per heavy atom. The summed E-state index contributed by atoms with van der Waals surface area (Å²) in [4.78, 5) is 38.5. The van der Waals surface area contributed by atoms with Gasteiger partial charge in [0.1, 0.15) is 0 Å². The van der Waals surface area contributed by atoms with E-state index in [0.29, 0.717) is 5.56 Å². The van der Waals surface area contributed by atoms with Gasteiger partial charge < -0.3 is 9.64 Å². The summed E-state index contributed by atoms with van der Waals surface area (Å²) in [5.41, 5.74) is 3.93. The van der Waals surface area contributed by atoms with E-state index in [1.165, 1.54) is 22.4 Å². The molecular weight excluding hydrogens is 366 g/mol. The predicted molar refractivity (Wildman–Crippen MR) is 112 cm³/mol. The Morgan fingerprint density at radius 1 is 0.966 bits per heavy atom. The fourth-order valence-corrected chi connectivity index (χ4v) is 3.62. The topological polar surface area (TPSA) is 63.7 Å². The van der Waals surface area contributed by atoms with E-state index in [9.17, 15) is 14.4 Å². The van der Waals surface area contributed by atoms with Crippen LogP contribution in [0.4, 0.5) is 5.69 Å². The van der Waals surface area contributed by atoms with Crippen LogP contribution in [0, 0.1) is 0 Å². The second-order valence-corrected chi connectivity index (χ2v) is 7.48. The number of anilines is 1. The lowest BCUT2D eigenvalue weighted by Crippen LogP contribution is -2.37. The lowest BCUT2D eigenvalue weighted by atomic mass is 9.89. The SMILES string of the molecule is CC(OC(=O)CCC(=O)c1ccc2c(c1)CCCC2)C(=O)N(C)c1ccccc1. The molecule has 1 unspecified atom stereocenters. The van der Waals surface area contributed by atoms with E-state index in [4.69, 9.17) is 4.74 Å². The Labute approximate surface area is 171 Å². The molecule has 1 amide bonds. The summed E-state index contributed by atoms with van der Waals surface area (Å²) >= 11 is 0. The van der Waals surface area contributed by atoms with Crippen molar-refractivity contribution in [2.75, 3.05) is 11.9 Å². The summed E-state index contributed by atoms with van der Waals surface area (Å²) in [6.07, 6.45) is 3.55. The monoisotopic (exact) mass is 393 g/mol. The Balaban J connectivity index is 1.50. The number of nitrogens with zero attached hydrogens (tertiary/aromatic N) is 1. The molecule has 0 N–H and O–H groups in total. The van der Waals surface area contributed by atoms with E-state index in [1.807, 2.05) is 48.5 Å². The number of carbonyl (C=O) groups excluding carboxylic acids is 3. The first-order valence-corrected chi connectivity index (χ1v) is 10.1. The fraction of sp³-hybridized carbons (Fsp3) is 0.375. The molecule has 152 valence electrons. The third-order valence-corrected chi connectivity index (χ3v) is 5.36. The highest BCUT2D eigenvalue weighted by molar-refractivity contribution is 5.99. The quantitative estimate of drug-likeness (QED) is 0.524. The van der Waals surface area contributed by atoms with Gasteiger partial charge in [-0.2, -0.15) is 0 Å². The minimum absolute atomic E-state index is 0.0391. The minimum Gasteiger partial charge on any atom is -0.453 e. The summed E-state index contributed by atoms with van der Waals surface area (Å²) < 4.78 is 5.25. The molecule has 0 heterocycles. The van der Waals surface area contributed by atoms with Crippen molar-refractivity contribution in [1.82, 2.24) is 0 Å². The Hall–Kier alpha value is -2.95. The number of esters is 1. The van der Waals surface area contributed by atoms with E-state index in [-0.39, 0.29) is 24.5 Å². The molecule has 0 saturated carbocycles. The molecule has 0 spiro atoms. The molecule has 1 aliphatic carbocycles. The number of hydrogen-bond donors (Lipinski definition) is 0. The molecule has 0 bridgehead atoms. The summed E-state index contributed by atoms with van der Waals surface area (Å²) in [5.74, 6) is -0.931. The van der Waals surface area contributed by atoms with Gasteiger partial charge in [0, 0.05) is 24.7 Å². The van der Waals surface area contributed by atoms with Crippen molar-refractivity contribution in [3.8, 4) is 0 Å². The second kappa shape index (κ2) is 9.50. The highest BCUT2D eigenvalue weighted by atomic mass is 16.5. The zero-order valence-corrected chi connectivity index (χ0v) is 17.0. The molecular formula is C24H27NO4. The third kappa shape index (κ3) is 5.31. The van der Waals surface area contributed by atoms with Gasteiger partial charge in [0.15, 0.2) is 11.9 Å². The Bertz CT molecular complexity index is 891. The van der Waals surface area contributed by atoms with E-state index in [2.05, 4.69) is 0 Å². The molecule has 0 radical (unpaired) electrons. The van der Waals surface area contributed by atoms with Crippen LogP contribution in [0.5, 0.6) is 0 Å². The maximum Gasteiger partial charge on any atom is 0.307 e. The molecule has 29 heavy (non-hydrogen) atoms. The van der Waals surface area contributed by atoms with Crippen LogP contribution in [-0.4, -0.2) is 30.8 Å². The maximum absolute atomic E-state index is 12.5. The molecule has 5 heteroatoms. The lowest BCUT2D eigenvalue weighted by molar-refractivity contribution is -0.153. The maximum atomic E-state index is 12.5. The second-order valence-electron chi connectivity index (χ2n) is 7.48. The molecule has 2 aromatic carbocycles. The van der Waals surface area contributed by atoms with Crippen molar-refractivity contribution in [3.05, 3.63) is 65.2 Å². The molecule has 3 rings (SSSR count). The largest absolute Gasteiger partial charge is 0.453 e. The fourth-order valence-electron chi connectivity index (χ4n) is 3.62. The predicted octanol–water partition coefficient (Wildman–Crippen LogP) is 4.12. The third-order valence-electron chi connectivity index (χ3n) is 5.36. The van der Waals surface area contributed by atoms with E-state index >= 15 is 0 Å². The van der Waals surface area contributed by atoms with Crippen molar-refractivity contribution in [3.63, 3.8) is 0 Å². The average Bonchev–Trinajstić information content (AvgIpc) is 2.76. The van der Waals surface area contributed by atoms with Crippen LogP contribution in [0.15, 0.2) is 48.5 Å². The zero-order valence-electron chi connectivity index (χ0n) is 17.0. The highest BCUT2D eigenvalue weighted by Crippen LogP contribution is 2.23. The van der Waals surface area contributed by atoms with Crippen molar-refractivity contribution in [2.45, 2.75) is 51.6 Å². The molecule has 1 atom stereocenters. The van der Waals surface area contributed by atoms with Crippen LogP contribution in [0.25, 0.3) is 0 Å². The Morgan fingerprint density at radius 2 is 1.66 bits per heavy atom. The van der Waals surface area contributed by atoms with Gasteiger partial charge >= 0.3 is 5.97 Å². The number of benzene rings is 2. The van der Waals surface area contributed by atoms with Gasteiger partial charge in [-0.25, -0.2) is 0 Å². The standard InChI is InChI=1S/C24H27NO4/c1-17(24(28)25(2)21-10-4-3-5-11-21)29-23(27)15-14-22(26)20-13-12-18-8-6-7-9-19(18)16-20/h3-5,10-13,16-17H,6-9,14-15H2,1-2H3. The summed E-state index contributed by atoms with van der Waals surface area (Å²) in [5, 5.41) is 0. The van der Waals surface area contributed by atoms with Crippen LogP contribution >= 0.6 is 0 Å². The van der Waals surface area contributed by atoms with E-state index < -0.39 is 12.1 Å². The molecule has 0 saturated heterocycles. The van der Waals surface area contributed by atoms with Gasteiger partial charge in [-0.05, 0) is 61.9 Å². The van der Waals surface area contributed by atoms with Crippen LogP contribution in [0.2, 0.25) is 0 Å². The van der Waals surface area contributed by atoms with Crippen molar-refractivity contribution in [2.24, 2.45) is 0 Å². The number of Topliss-reactive ketones (excluding diaryl/α,β-unsaturated/α-hetero) is 1. The number of fused-ring (bicyclic) bond motifs is 1. The number of ketones is 1. The zero-order chi connectivity index (χ0) is 20.8. The van der Waals surface area contributed by atoms with E-state index in [1.54, 1.807) is 14.0 Å². The molecule has 1 aliphatic rings. The van der Waals surface area contributed by atoms with Crippen LogP contribution in [-0.2, 0) is 27.2 Å². The molecule has 0 aliphatic heterocycles. The van der Waals surface area contributed by atoms with Crippen molar-refractivity contribution in [1.29, 1.82) is 0 Å². The van der Waals surface area contributed by atoms with Crippen LogP contribution in [0.1, 0.15) is 54.1 Å². The smallest absolute Gasteiger partial charge is 0.307 e. The number of para-hydroxylation sites is 1. The number of ether oxygens (including phenoxy) is 1. The molecule has 5 nitrogen and oxygen atoms in total. The summed E-state index contributed by atoms with van der Waals surface area (Å²) in [6, 6.07) is 15.0. The first kappa shape index (κ1) is 20.8. The molecule has 0 fully saturated rings. The number of carbonyl (C=O) groups is 3. The number of rotatable bonds is 7. The van der Waals surface area contributed by atoms with Gasteiger partial charge in [0.2, 0.25) is 0 Å². The van der Waals surface area contributed by atoms with Crippen LogP contribution < -0.4 is 4.90 Å². The lowest BCUT2D eigenvalue weighted by Gasteiger charge is -2.21. The van der Waals surface area contributed by atoms with Crippen molar-refractivity contribution >= 4 is 23.3 Å². The highest BCUT2D eigenvalue weighted by Gasteiger charge is 2.23. The number of likely N-dealkylation sites (N-methyl/N-ethyl adjacent to an activating group) is 1. The van der Waals surface area contributed by atoms with E-state index in [0.717, 1.165) is 24.9 Å². The van der Waals surface area contributed by atoms with Crippen molar-refractivity contribution < 1.29 is 19.1 Å². The van der Waals surface area contributed by atoms with Gasteiger partial charge in [0.25, 0.3) is 5.91 Å². The first-order chi connectivity index (χ1) is 14.0. The number of hydrogen-bond acceptors (Lipinski definition) is 4. The van der Waals surface area contributed by atoms with Gasteiger partial charge in [0.05, 0.1) is 6.42 Å². The normalized spacial score (nSPS) is 13.9. The summed E-state index contributed by atoms with van der Waals surface area (Å²) in [6.45, 7) is 1.55. The van der Waals surface area contributed by atoms with Gasteiger partial charge in [-0.1, -0.05) is 30.3 Å². The number of aryl methyl sites for hydroxylation is 2. The minimum atomic E-state index is -0.911. The van der Waals surface area contributed by atoms with Gasteiger partial charge in [-0.15, -0.1) is 0 Å². The van der Waals surface area contributed by atoms with Crippen LogP contribution in [0.3, 0.4) is 0 Å². The Kier molecular flexibility index (Phi) is 6.81. The average molecular weight is 393 g/mol. The summed E-state index contributed by atoms with van der Waals surface area (Å²) in [7, 11) is 1.64. The molecule has 0 aromatic heterocycles. The first-order valence-electron chi connectivity index (χ1n) is 10.1.